The van der Waals surface area contributed by atoms with Crippen molar-refractivity contribution in [1.82, 2.24) is 10.9 Å². The molecule has 11 nitrogen and oxygen atoms in total. The molecule has 0 aliphatic carbocycles. The third-order valence-electron chi connectivity index (χ3n) is 6.09. The SMILES string of the molecule is CC(C)(C)OC(=O)CC[C@]1(C(=O)NNC(CO)CO)N=C(c2ccc(OCCCO)cc2)O[C@H]1c1ccccc1. The maximum atomic E-state index is 13.8. The van der Waals surface area contributed by atoms with Gasteiger partial charge in [-0.3, -0.25) is 15.0 Å². The van der Waals surface area contributed by atoms with Crippen LogP contribution in [0.25, 0.3) is 0 Å². The number of hydrazine groups is 1. The van der Waals surface area contributed by atoms with Gasteiger partial charge >= 0.3 is 5.97 Å². The fourth-order valence-electron chi connectivity index (χ4n) is 4.11. The molecule has 3 rings (SSSR count). The number of aliphatic hydroxyl groups is 3. The van der Waals surface area contributed by atoms with Gasteiger partial charge in [0.25, 0.3) is 5.91 Å². The number of ether oxygens (including phenoxy) is 3. The lowest BCUT2D eigenvalue weighted by Gasteiger charge is -2.31. The maximum Gasteiger partial charge on any atom is 0.306 e. The minimum Gasteiger partial charge on any atom is -0.494 e. The fraction of sp³-hybridized carbons (Fsp3) is 0.483. The Morgan fingerprint density at radius 2 is 1.73 bits per heavy atom. The number of aliphatic hydroxyl groups excluding tert-OH is 3. The molecule has 0 radical (unpaired) electrons. The lowest BCUT2D eigenvalue weighted by molar-refractivity contribution is -0.155. The number of rotatable bonds is 14. The zero-order chi connectivity index (χ0) is 29.2. The van der Waals surface area contributed by atoms with E-state index in [-0.39, 0.29) is 25.3 Å². The van der Waals surface area contributed by atoms with Crippen molar-refractivity contribution in [3.63, 3.8) is 0 Å². The molecule has 0 saturated heterocycles. The van der Waals surface area contributed by atoms with Crippen LogP contribution in [0.1, 0.15) is 57.3 Å². The summed E-state index contributed by atoms with van der Waals surface area (Å²) < 4.78 is 17.4. The predicted molar refractivity (Wildman–Crippen MR) is 147 cm³/mol. The Balaban J connectivity index is 1.99. The summed E-state index contributed by atoms with van der Waals surface area (Å²) >= 11 is 0. The first-order valence-corrected chi connectivity index (χ1v) is 13.3. The van der Waals surface area contributed by atoms with Crippen LogP contribution in [0.15, 0.2) is 59.6 Å². The minimum atomic E-state index is -1.59. The summed E-state index contributed by atoms with van der Waals surface area (Å²) in [5.74, 6) is -0.282. The van der Waals surface area contributed by atoms with Gasteiger partial charge in [-0.2, -0.15) is 0 Å². The molecular formula is C29H39N3O8. The number of carbonyl (C=O) groups excluding carboxylic acids is 2. The molecule has 11 heteroatoms. The molecule has 1 aliphatic heterocycles. The molecule has 2 atom stereocenters. The minimum absolute atomic E-state index is 0.0310. The molecule has 0 bridgehead atoms. The van der Waals surface area contributed by atoms with E-state index in [4.69, 9.17) is 24.3 Å². The van der Waals surface area contributed by atoms with Crippen molar-refractivity contribution in [2.45, 2.75) is 63.3 Å². The van der Waals surface area contributed by atoms with E-state index >= 15 is 0 Å². The zero-order valence-electron chi connectivity index (χ0n) is 23.1. The Labute approximate surface area is 234 Å². The number of aliphatic imine (C=N–C) groups is 1. The van der Waals surface area contributed by atoms with Gasteiger partial charge in [-0.1, -0.05) is 30.3 Å². The molecule has 1 amide bonds. The van der Waals surface area contributed by atoms with Crippen LogP contribution in [-0.2, 0) is 19.1 Å². The first-order chi connectivity index (χ1) is 19.1. The second-order valence-corrected chi connectivity index (χ2v) is 10.4. The summed E-state index contributed by atoms with van der Waals surface area (Å²) in [6.07, 6.45) is -0.540. The number of carbonyl (C=O) groups is 2. The molecule has 2 aromatic rings. The Morgan fingerprint density at radius 1 is 1.05 bits per heavy atom. The Hall–Kier alpha value is -3.51. The highest BCUT2D eigenvalue weighted by Crippen LogP contribution is 2.43. The van der Waals surface area contributed by atoms with Crippen molar-refractivity contribution in [3.8, 4) is 5.75 Å². The lowest BCUT2D eigenvalue weighted by Crippen LogP contribution is -2.56. The summed E-state index contributed by atoms with van der Waals surface area (Å²) in [6, 6.07) is 15.3. The third-order valence-corrected chi connectivity index (χ3v) is 6.09. The van der Waals surface area contributed by atoms with Crippen LogP contribution in [0.5, 0.6) is 5.75 Å². The van der Waals surface area contributed by atoms with Crippen LogP contribution < -0.4 is 15.6 Å². The highest BCUT2D eigenvalue weighted by Gasteiger charge is 2.53. The Bertz CT molecular complexity index is 1130. The quantitative estimate of drug-likeness (QED) is 0.133. The number of hydrogen-bond donors (Lipinski definition) is 5. The summed E-state index contributed by atoms with van der Waals surface area (Å²) in [7, 11) is 0. The standard InChI is InChI=1S/C29H39N3O8/c1-28(2,3)40-24(36)14-15-29(27(37)32-31-22(18-34)19-35)25(20-8-5-4-6-9-20)39-26(30-29)21-10-12-23(13-11-21)38-17-7-16-33/h4-6,8-13,22,25,31,33-35H,7,14-19H2,1-3H3,(H,32,37)/t25-,29-/m0/s1. The largest absolute Gasteiger partial charge is 0.494 e. The van der Waals surface area contributed by atoms with Crippen molar-refractivity contribution in [2.75, 3.05) is 26.4 Å². The van der Waals surface area contributed by atoms with Gasteiger partial charge < -0.3 is 29.5 Å². The van der Waals surface area contributed by atoms with E-state index in [2.05, 4.69) is 10.9 Å². The van der Waals surface area contributed by atoms with Crippen LogP contribution >= 0.6 is 0 Å². The monoisotopic (exact) mass is 557 g/mol. The smallest absolute Gasteiger partial charge is 0.306 e. The summed E-state index contributed by atoms with van der Waals surface area (Å²) in [4.78, 5) is 31.4. The van der Waals surface area contributed by atoms with Crippen molar-refractivity contribution in [3.05, 3.63) is 65.7 Å². The van der Waals surface area contributed by atoms with Gasteiger partial charge in [0, 0.05) is 25.0 Å². The highest BCUT2D eigenvalue weighted by molar-refractivity contribution is 6.01. The van der Waals surface area contributed by atoms with E-state index < -0.39 is 48.4 Å². The van der Waals surface area contributed by atoms with Gasteiger partial charge in [0.05, 0.1) is 25.9 Å². The molecule has 0 fully saturated rings. The number of benzene rings is 2. The number of nitrogens with zero attached hydrogens (tertiary/aromatic N) is 1. The van der Waals surface area contributed by atoms with E-state index in [1.807, 2.05) is 30.3 Å². The average molecular weight is 558 g/mol. The van der Waals surface area contributed by atoms with Crippen molar-refractivity contribution in [1.29, 1.82) is 0 Å². The molecule has 0 unspecified atom stereocenters. The van der Waals surface area contributed by atoms with Crippen molar-refractivity contribution < 1.29 is 39.1 Å². The molecule has 1 aliphatic rings. The molecule has 2 aromatic carbocycles. The molecule has 0 saturated carbocycles. The van der Waals surface area contributed by atoms with E-state index in [1.165, 1.54) is 0 Å². The molecular weight excluding hydrogens is 518 g/mol. The Morgan fingerprint density at radius 3 is 2.33 bits per heavy atom. The van der Waals surface area contributed by atoms with Crippen LogP contribution in [0.4, 0.5) is 0 Å². The van der Waals surface area contributed by atoms with Crippen LogP contribution in [0.2, 0.25) is 0 Å². The van der Waals surface area contributed by atoms with Gasteiger partial charge in [-0.25, -0.2) is 10.4 Å². The van der Waals surface area contributed by atoms with Crippen LogP contribution in [0, 0.1) is 0 Å². The van der Waals surface area contributed by atoms with Gasteiger partial charge in [0.2, 0.25) is 5.90 Å². The van der Waals surface area contributed by atoms with Crippen molar-refractivity contribution in [2.24, 2.45) is 4.99 Å². The van der Waals surface area contributed by atoms with Gasteiger partial charge in [0.1, 0.15) is 11.4 Å². The van der Waals surface area contributed by atoms with Crippen LogP contribution in [0.3, 0.4) is 0 Å². The molecule has 5 N–H and O–H groups in total. The number of esters is 1. The molecule has 0 aromatic heterocycles. The van der Waals surface area contributed by atoms with E-state index in [9.17, 15) is 19.8 Å². The van der Waals surface area contributed by atoms with E-state index in [1.54, 1.807) is 45.0 Å². The van der Waals surface area contributed by atoms with E-state index in [0.717, 1.165) is 0 Å². The summed E-state index contributed by atoms with van der Waals surface area (Å²) in [5, 5.41) is 27.9. The topological polar surface area (TPSA) is 159 Å². The zero-order valence-corrected chi connectivity index (χ0v) is 23.1. The summed E-state index contributed by atoms with van der Waals surface area (Å²) in [6.45, 7) is 4.86. The second-order valence-electron chi connectivity index (χ2n) is 10.4. The van der Waals surface area contributed by atoms with Crippen molar-refractivity contribution >= 4 is 17.8 Å². The van der Waals surface area contributed by atoms with E-state index in [0.29, 0.717) is 29.9 Å². The number of nitrogens with one attached hydrogen (secondary N) is 2. The van der Waals surface area contributed by atoms with Gasteiger partial charge in [-0.15, -0.1) is 0 Å². The fourth-order valence-corrected chi connectivity index (χ4v) is 4.11. The predicted octanol–water partition coefficient (Wildman–Crippen LogP) is 1.80. The highest BCUT2D eigenvalue weighted by atomic mass is 16.6. The normalized spacial score (nSPS) is 18.7. The molecule has 1 heterocycles. The Kier molecular flexibility index (Phi) is 11.0. The first kappa shape index (κ1) is 31.0. The number of hydrogen-bond acceptors (Lipinski definition) is 10. The molecule has 218 valence electrons. The first-order valence-electron chi connectivity index (χ1n) is 13.3. The third kappa shape index (κ3) is 8.25. The van der Waals surface area contributed by atoms with Crippen LogP contribution in [-0.4, -0.2) is 76.7 Å². The second kappa shape index (κ2) is 14.2. The maximum absolute atomic E-state index is 13.8. The summed E-state index contributed by atoms with van der Waals surface area (Å²) in [5.41, 5.74) is 4.16. The molecule has 0 spiro atoms. The lowest BCUT2D eigenvalue weighted by atomic mass is 9.83. The van der Waals surface area contributed by atoms with Gasteiger partial charge in [-0.05, 0) is 57.0 Å². The number of amides is 1. The average Bonchev–Trinajstić information content (AvgIpc) is 3.33. The molecule has 40 heavy (non-hydrogen) atoms. The van der Waals surface area contributed by atoms with Gasteiger partial charge in [0.15, 0.2) is 11.6 Å².